The van der Waals surface area contributed by atoms with E-state index in [0.29, 0.717) is 96.5 Å². The third-order valence-corrected chi connectivity index (χ3v) is 6.15. The van der Waals surface area contributed by atoms with Gasteiger partial charge in [-0.1, -0.05) is 0 Å². The number of rotatable bonds is 24. The minimum Gasteiger partial charge on any atom is -0.487 e. The molecule has 1 aromatic carbocycles. The van der Waals surface area contributed by atoms with Crippen LogP contribution in [-0.2, 0) is 28.4 Å². The molecular weight excluding hydrogens is 482 g/mol. The Hall–Kier alpha value is -1.66. The van der Waals surface area contributed by atoms with Gasteiger partial charge in [-0.2, -0.15) is 0 Å². The monoisotopic (exact) mass is 532 g/mol. The highest BCUT2D eigenvalue weighted by molar-refractivity contribution is 5.56. The van der Waals surface area contributed by atoms with Gasteiger partial charge in [0.25, 0.3) is 0 Å². The summed E-state index contributed by atoms with van der Waals surface area (Å²) >= 11 is 0. The average Bonchev–Trinajstić information content (AvgIpc) is 2.90. The van der Waals surface area contributed by atoms with Gasteiger partial charge in [0.15, 0.2) is 11.5 Å². The first-order chi connectivity index (χ1) is 17.9. The second-order valence-corrected chi connectivity index (χ2v) is 8.94. The minimum absolute atomic E-state index is 0.154. The Balaban J connectivity index is 3.13. The molecule has 1 aromatic rings. The molecule has 0 aliphatic heterocycles. The SMILES string of the molecule is CC[N+](C)(C)C(C)c1ccc(OCCOCCOC)c(OCCOCCOC)c1OCCOCCOC. The van der Waals surface area contributed by atoms with Crippen molar-refractivity contribution in [3.8, 4) is 17.2 Å². The number of hydrogen-bond donors (Lipinski definition) is 0. The fraction of sp³-hybridized carbons (Fsp3) is 0.778. The van der Waals surface area contributed by atoms with Gasteiger partial charge in [0, 0.05) is 21.3 Å². The Bertz CT molecular complexity index is 703. The van der Waals surface area contributed by atoms with Crippen LogP contribution in [-0.4, -0.2) is 126 Å². The molecule has 10 nitrogen and oxygen atoms in total. The van der Waals surface area contributed by atoms with Crippen molar-refractivity contribution in [2.24, 2.45) is 0 Å². The lowest BCUT2D eigenvalue weighted by atomic mass is 10.0. The average molecular weight is 533 g/mol. The van der Waals surface area contributed by atoms with Crippen LogP contribution in [0.5, 0.6) is 17.2 Å². The summed E-state index contributed by atoms with van der Waals surface area (Å²) in [7, 11) is 9.35. The van der Waals surface area contributed by atoms with Crippen molar-refractivity contribution >= 4 is 0 Å². The van der Waals surface area contributed by atoms with Gasteiger partial charge in [-0.15, -0.1) is 0 Å². The molecule has 0 bridgehead atoms. The molecule has 1 atom stereocenters. The maximum atomic E-state index is 6.32. The van der Waals surface area contributed by atoms with Crippen LogP contribution in [0.15, 0.2) is 12.1 Å². The molecule has 0 N–H and O–H groups in total. The molecule has 0 aromatic heterocycles. The molecule has 0 radical (unpaired) electrons. The summed E-state index contributed by atoms with van der Waals surface area (Å²) in [6, 6.07) is 4.16. The highest BCUT2D eigenvalue weighted by Gasteiger charge is 2.30. The number of benzene rings is 1. The molecule has 10 heteroatoms. The zero-order valence-electron chi connectivity index (χ0n) is 24.0. The first kappa shape index (κ1) is 33.4. The minimum atomic E-state index is 0.154. The Morgan fingerprint density at radius 1 is 0.595 bits per heavy atom. The van der Waals surface area contributed by atoms with E-state index in [1.807, 2.05) is 6.07 Å². The Labute approximate surface area is 223 Å². The predicted octanol–water partition coefficient (Wildman–Crippen LogP) is 2.97. The number of methoxy groups -OCH3 is 3. The van der Waals surface area contributed by atoms with Crippen molar-refractivity contribution in [2.75, 3.05) is 121 Å². The van der Waals surface area contributed by atoms with Gasteiger partial charge in [-0.3, -0.25) is 0 Å². The third kappa shape index (κ3) is 13.1. The van der Waals surface area contributed by atoms with Gasteiger partial charge >= 0.3 is 0 Å². The molecule has 37 heavy (non-hydrogen) atoms. The lowest BCUT2D eigenvalue weighted by molar-refractivity contribution is -0.917. The summed E-state index contributed by atoms with van der Waals surface area (Å²) < 4.78 is 51.3. The quantitative estimate of drug-likeness (QED) is 0.147. The molecular formula is C27H50NO9+. The van der Waals surface area contributed by atoms with Crippen molar-refractivity contribution < 1.29 is 47.1 Å². The van der Waals surface area contributed by atoms with Crippen molar-refractivity contribution in [1.29, 1.82) is 0 Å². The van der Waals surface area contributed by atoms with E-state index in [4.69, 9.17) is 42.6 Å². The van der Waals surface area contributed by atoms with E-state index in [9.17, 15) is 0 Å². The Kier molecular flexibility index (Phi) is 18.3. The summed E-state index contributed by atoms with van der Waals surface area (Å²) in [5.41, 5.74) is 1.04. The molecule has 0 saturated carbocycles. The zero-order valence-corrected chi connectivity index (χ0v) is 24.0. The fourth-order valence-corrected chi connectivity index (χ4v) is 3.29. The van der Waals surface area contributed by atoms with Gasteiger partial charge in [0.05, 0.1) is 85.7 Å². The van der Waals surface area contributed by atoms with Gasteiger partial charge in [0.2, 0.25) is 5.75 Å². The van der Waals surface area contributed by atoms with E-state index in [2.05, 4.69) is 34.0 Å². The molecule has 0 aliphatic rings. The summed E-state index contributed by atoms with van der Waals surface area (Å²) in [6.07, 6.45) is 0. The molecule has 0 heterocycles. The molecule has 0 fully saturated rings. The van der Waals surface area contributed by atoms with Gasteiger partial charge in [0.1, 0.15) is 25.9 Å². The molecule has 0 saturated heterocycles. The summed E-state index contributed by atoms with van der Waals surface area (Å²) in [4.78, 5) is 0. The van der Waals surface area contributed by atoms with E-state index in [1.165, 1.54) is 0 Å². The molecule has 0 spiro atoms. The summed E-state index contributed by atoms with van der Waals surface area (Å²) in [6.45, 7) is 10.8. The van der Waals surface area contributed by atoms with Crippen molar-refractivity contribution in [3.05, 3.63) is 17.7 Å². The van der Waals surface area contributed by atoms with Crippen LogP contribution >= 0.6 is 0 Å². The van der Waals surface area contributed by atoms with Crippen LogP contribution in [0, 0.1) is 0 Å². The fourth-order valence-electron chi connectivity index (χ4n) is 3.29. The van der Waals surface area contributed by atoms with Crippen LogP contribution in [0.2, 0.25) is 0 Å². The number of nitrogens with zero attached hydrogens (tertiary/aromatic N) is 1. The first-order valence-electron chi connectivity index (χ1n) is 13.0. The normalized spacial score (nSPS) is 12.5. The van der Waals surface area contributed by atoms with Crippen LogP contribution in [0.1, 0.15) is 25.5 Å². The summed E-state index contributed by atoms with van der Waals surface area (Å²) in [5.74, 6) is 1.82. The lowest BCUT2D eigenvalue weighted by Gasteiger charge is -2.36. The topological polar surface area (TPSA) is 83.1 Å². The second-order valence-electron chi connectivity index (χ2n) is 8.94. The molecule has 0 aliphatic carbocycles. The standard InChI is InChI=1S/C27H50NO9/c1-8-28(3,4)23(2)24-9-10-25(35-20-17-32-14-11-29-5)27(37-22-19-34-16-13-31-7)26(24)36-21-18-33-15-12-30-6/h9-10,23H,8,11-22H2,1-7H3/q+1. The Morgan fingerprint density at radius 3 is 1.49 bits per heavy atom. The smallest absolute Gasteiger partial charge is 0.204 e. The largest absolute Gasteiger partial charge is 0.487 e. The van der Waals surface area contributed by atoms with E-state index in [0.717, 1.165) is 16.6 Å². The highest BCUT2D eigenvalue weighted by Crippen LogP contribution is 2.44. The van der Waals surface area contributed by atoms with Crippen LogP contribution in [0.3, 0.4) is 0 Å². The third-order valence-electron chi connectivity index (χ3n) is 6.15. The van der Waals surface area contributed by atoms with E-state index in [1.54, 1.807) is 21.3 Å². The number of hydrogen-bond acceptors (Lipinski definition) is 9. The lowest BCUT2D eigenvalue weighted by Crippen LogP contribution is -2.41. The molecule has 216 valence electrons. The molecule has 1 unspecified atom stereocenters. The second kappa shape index (κ2) is 20.3. The Morgan fingerprint density at radius 2 is 1.03 bits per heavy atom. The van der Waals surface area contributed by atoms with Crippen molar-refractivity contribution in [2.45, 2.75) is 19.9 Å². The van der Waals surface area contributed by atoms with Crippen LogP contribution in [0.4, 0.5) is 0 Å². The van der Waals surface area contributed by atoms with Gasteiger partial charge in [-0.25, -0.2) is 0 Å². The van der Waals surface area contributed by atoms with Crippen molar-refractivity contribution in [1.82, 2.24) is 0 Å². The maximum absolute atomic E-state index is 6.32. The van der Waals surface area contributed by atoms with E-state index >= 15 is 0 Å². The summed E-state index contributed by atoms with van der Waals surface area (Å²) in [5, 5.41) is 0. The maximum Gasteiger partial charge on any atom is 0.204 e. The van der Waals surface area contributed by atoms with Crippen LogP contribution < -0.4 is 14.2 Å². The van der Waals surface area contributed by atoms with Crippen molar-refractivity contribution in [3.63, 3.8) is 0 Å². The van der Waals surface area contributed by atoms with Crippen LogP contribution in [0.25, 0.3) is 0 Å². The molecule has 1 rings (SSSR count). The zero-order chi connectivity index (χ0) is 27.4. The highest BCUT2D eigenvalue weighted by atomic mass is 16.6. The van der Waals surface area contributed by atoms with E-state index in [-0.39, 0.29) is 6.04 Å². The van der Waals surface area contributed by atoms with Gasteiger partial charge in [-0.05, 0) is 26.0 Å². The van der Waals surface area contributed by atoms with E-state index < -0.39 is 0 Å². The number of ether oxygens (including phenoxy) is 9. The molecule has 0 amide bonds. The number of quaternary nitrogens is 1. The first-order valence-corrected chi connectivity index (χ1v) is 13.0. The predicted molar refractivity (Wildman–Crippen MR) is 142 cm³/mol. The van der Waals surface area contributed by atoms with Gasteiger partial charge < -0.3 is 47.1 Å².